The fraction of sp³-hybridized carbons (Fsp3) is 0.333. The standard InChI is InChI=1S/C12H12F3N3/c1-3-9-4-5-10(8(2)6-9)18-7-16-11(17-18)12(13,14)15/h4-7H,3H2,1-2H3. The number of benzene rings is 1. The summed E-state index contributed by atoms with van der Waals surface area (Å²) in [7, 11) is 0. The number of hydrogen-bond acceptors (Lipinski definition) is 2. The molecule has 0 atom stereocenters. The third-order valence-electron chi connectivity index (χ3n) is 2.66. The Morgan fingerprint density at radius 1 is 1.28 bits per heavy atom. The quantitative estimate of drug-likeness (QED) is 0.825. The van der Waals surface area contributed by atoms with E-state index in [4.69, 9.17) is 0 Å². The summed E-state index contributed by atoms with van der Waals surface area (Å²) in [5, 5.41) is 3.45. The van der Waals surface area contributed by atoms with Crippen LogP contribution in [0.3, 0.4) is 0 Å². The van der Waals surface area contributed by atoms with Crippen molar-refractivity contribution in [2.24, 2.45) is 0 Å². The Morgan fingerprint density at radius 3 is 2.50 bits per heavy atom. The van der Waals surface area contributed by atoms with E-state index in [1.807, 2.05) is 26.0 Å². The molecule has 96 valence electrons. The van der Waals surface area contributed by atoms with Crippen LogP contribution >= 0.6 is 0 Å². The van der Waals surface area contributed by atoms with Crippen LogP contribution in [0.4, 0.5) is 13.2 Å². The molecule has 0 N–H and O–H groups in total. The summed E-state index contributed by atoms with van der Waals surface area (Å²) in [6.45, 7) is 3.86. The maximum atomic E-state index is 12.4. The van der Waals surface area contributed by atoms with Crippen LogP contribution in [0.2, 0.25) is 0 Å². The highest BCUT2D eigenvalue weighted by atomic mass is 19.4. The Balaban J connectivity index is 2.40. The zero-order valence-corrected chi connectivity index (χ0v) is 9.99. The van der Waals surface area contributed by atoms with Gasteiger partial charge in [0.15, 0.2) is 0 Å². The van der Waals surface area contributed by atoms with Crippen molar-refractivity contribution >= 4 is 0 Å². The topological polar surface area (TPSA) is 30.7 Å². The molecule has 1 heterocycles. The molecule has 1 aromatic heterocycles. The maximum absolute atomic E-state index is 12.4. The Hall–Kier alpha value is -1.85. The van der Waals surface area contributed by atoms with Gasteiger partial charge in [0.25, 0.3) is 5.82 Å². The highest BCUT2D eigenvalue weighted by molar-refractivity contribution is 5.41. The van der Waals surface area contributed by atoms with Gasteiger partial charge in [0.05, 0.1) is 5.69 Å². The molecule has 0 saturated heterocycles. The minimum Gasteiger partial charge on any atom is -0.220 e. The number of aryl methyl sites for hydroxylation is 2. The van der Waals surface area contributed by atoms with Gasteiger partial charge < -0.3 is 0 Å². The van der Waals surface area contributed by atoms with Crippen LogP contribution in [0.1, 0.15) is 23.9 Å². The van der Waals surface area contributed by atoms with Crippen LogP contribution in [-0.4, -0.2) is 14.8 Å². The summed E-state index contributed by atoms with van der Waals surface area (Å²) < 4.78 is 38.3. The zero-order valence-electron chi connectivity index (χ0n) is 9.99. The van der Waals surface area contributed by atoms with Crippen molar-refractivity contribution in [2.45, 2.75) is 26.4 Å². The smallest absolute Gasteiger partial charge is 0.220 e. The van der Waals surface area contributed by atoms with Gasteiger partial charge >= 0.3 is 6.18 Å². The molecule has 0 saturated carbocycles. The van der Waals surface area contributed by atoms with Crippen molar-refractivity contribution < 1.29 is 13.2 Å². The van der Waals surface area contributed by atoms with Gasteiger partial charge in [0.2, 0.25) is 0 Å². The first-order valence-electron chi connectivity index (χ1n) is 5.50. The van der Waals surface area contributed by atoms with Crippen LogP contribution in [-0.2, 0) is 12.6 Å². The van der Waals surface area contributed by atoms with Crippen molar-refractivity contribution in [3.63, 3.8) is 0 Å². The first kappa shape index (κ1) is 12.6. The lowest BCUT2D eigenvalue weighted by Gasteiger charge is -2.07. The molecule has 2 aromatic rings. The predicted molar refractivity (Wildman–Crippen MR) is 60.5 cm³/mol. The molecule has 0 bridgehead atoms. The Kier molecular flexibility index (Phi) is 3.11. The van der Waals surface area contributed by atoms with Crippen molar-refractivity contribution in [1.82, 2.24) is 14.8 Å². The summed E-state index contributed by atoms with van der Waals surface area (Å²) in [4.78, 5) is 3.27. The van der Waals surface area contributed by atoms with E-state index in [0.717, 1.165) is 28.6 Å². The summed E-state index contributed by atoms with van der Waals surface area (Å²) in [5.41, 5.74) is 2.61. The van der Waals surface area contributed by atoms with E-state index < -0.39 is 12.0 Å². The van der Waals surface area contributed by atoms with E-state index in [0.29, 0.717) is 5.69 Å². The molecule has 0 aliphatic rings. The second-order valence-electron chi connectivity index (χ2n) is 3.98. The van der Waals surface area contributed by atoms with E-state index in [1.54, 1.807) is 6.07 Å². The lowest BCUT2D eigenvalue weighted by Crippen LogP contribution is -2.09. The maximum Gasteiger partial charge on any atom is 0.453 e. The third-order valence-corrected chi connectivity index (χ3v) is 2.66. The van der Waals surface area contributed by atoms with Gasteiger partial charge in [-0.05, 0) is 30.5 Å². The number of alkyl halides is 3. The summed E-state index contributed by atoms with van der Waals surface area (Å²) in [6, 6.07) is 5.56. The molecule has 0 radical (unpaired) electrons. The average Bonchev–Trinajstić information content (AvgIpc) is 2.77. The van der Waals surface area contributed by atoms with Gasteiger partial charge in [-0.1, -0.05) is 19.1 Å². The van der Waals surface area contributed by atoms with Crippen LogP contribution in [0.15, 0.2) is 24.5 Å². The van der Waals surface area contributed by atoms with Crippen LogP contribution in [0, 0.1) is 6.92 Å². The minimum atomic E-state index is -4.51. The Morgan fingerprint density at radius 2 is 2.00 bits per heavy atom. The van der Waals surface area contributed by atoms with Crippen molar-refractivity contribution in [2.75, 3.05) is 0 Å². The lowest BCUT2D eigenvalue weighted by molar-refractivity contribution is -0.144. The Labute approximate surface area is 102 Å². The van der Waals surface area contributed by atoms with Gasteiger partial charge in [-0.25, -0.2) is 9.67 Å². The van der Waals surface area contributed by atoms with Crippen LogP contribution in [0.25, 0.3) is 5.69 Å². The molecule has 0 aliphatic carbocycles. The summed E-state index contributed by atoms with van der Waals surface area (Å²) in [6.07, 6.45) is -2.55. The zero-order chi connectivity index (χ0) is 13.3. The number of halogens is 3. The lowest BCUT2D eigenvalue weighted by atomic mass is 10.1. The van der Waals surface area contributed by atoms with Crippen molar-refractivity contribution in [1.29, 1.82) is 0 Å². The second kappa shape index (κ2) is 4.44. The summed E-state index contributed by atoms with van der Waals surface area (Å²) >= 11 is 0. The van der Waals surface area contributed by atoms with Crippen molar-refractivity contribution in [3.8, 4) is 5.69 Å². The number of rotatable bonds is 2. The molecule has 0 aliphatic heterocycles. The first-order valence-corrected chi connectivity index (χ1v) is 5.50. The van der Waals surface area contributed by atoms with Crippen molar-refractivity contribution in [3.05, 3.63) is 41.5 Å². The third kappa shape index (κ3) is 2.37. The van der Waals surface area contributed by atoms with Gasteiger partial charge in [0, 0.05) is 0 Å². The van der Waals surface area contributed by atoms with E-state index in [2.05, 4.69) is 10.1 Å². The summed E-state index contributed by atoms with van der Waals surface area (Å²) in [5.74, 6) is -1.12. The fourth-order valence-corrected chi connectivity index (χ4v) is 1.70. The highest BCUT2D eigenvalue weighted by Gasteiger charge is 2.35. The van der Waals surface area contributed by atoms with E-state index in [-0.39, 0.29) is 0 Å². The molecule has 2 rings (SSSR count). The number of aromatic nitrogens is 3. The monoisotopic (exact) mass is 255 g/mol. The fourth-order valence-electron chi connectivity index (χ4n) is 1.70. The average molecular weight is 255 g/mol. The van der Waals surface area contributed by atoms with Crippen LogP contribution in [0.5, 0.6) is 0 Å². The number of hydrogen-bond donors (Lipinski definition) is 0. The SMILES string of the molecule is CCc1ccc(-n2cnc(C(F)(F)F)n2)c(C)c1. The van der Waals surface area contributed by atoms with Gasteiger partial charge in [-0.15, -0.1) is 5.10 Å². The normalized spacial score (nSPS) is 11.8. The van der Waals surface area contributed by atoms with Gasteiger partial charge in [-0.2, -0.15) is 13.2 Å². The van der Waals surface area contributed by atoms with E-state index in [1.165, 1.54) is 0 Å². The highest BCUT2D eigenvalue weighted by Crippen LogP contribution is 2.26. The first-order chi connectivity index (χ1) is 8.41. The van der Waals surface area contributed by atoms with Gasteiger partial charge in [0.1, 0.15) is 6.33 Å². The number of nitrogens with zero attached hydrogens (tertiary/aromatic N) is 3. The molecular weight excluding hydrogens is 243 g/mol. The molecule has 6 heteroatoms. The second-order valence-corrected chi connectivity index (χ2v) is 3.98. The van der Waals surface area contributed by atoms with E-state index >= 15 is 0 Å². The Bertz CT molecular complexity index is 558. The molecule has 0 unspecified atom stereocenters. The predicted octanol–water partition coefficient (Wildman–Crippen LogP) is 3.16. The molecule has 0 fully saturated rings. The van der Waals surface area contributed by atoms with Crippen LogP contribution < -0.4 is 0 Å². The molecular formula is C12H12F3N3. The minimum absolute atomic E-state index is 0.607. The molecule has 0 amide bonds. The molecule has 3 nitrogen and oxygen atoms in total. The molecule has 1 aromatic carbocycles. The molecule has 0 spiro atoms. The van der Waals surface area contributed by atoms with Gasteiger partial charge in [-0.3, -0.25) is 0 Å². The largest absolute Gasteiger partial charge is 0.453 e. The van der Waals surface area contributed by atoms with E-state index in [9.17, 15) is 13.2 Å². The molecule has 18 heavy (non-hydrogen) atoms.